The fourth-order valence-electron chi connectivity index (χ4n) is 6.05. The third kappa shape index (κ3) is 7.03. The maximum Gasteiger partial charge on any atom is 0.307 e. The molecule has 1 heterocycles. The van der Waals surface area contributed by atoms with Crippen molar-refractivity contribution in [1.82, 2.24) is 4.90 Å². The first kappa shape index (κ1) is 28.7. The summed E-state index contributed by atoms with van der Waals surface area (Å²) in [6, 6.07) is 23.9. The van der Waals surface area contributed by atoms with Crippen molar-refractivity contribution in [3.05, 3.63) is 106 Å². The van der Waals surface area contributed by atoms with Gasteiger partial charge in [0.25, 0.3) is 0 Å². The van der Waals surface area contributed by atoms with Crippen LogP contribution in [0.25, 0.3) is 0 Å². The van der Waals surface area contributed by atoms with E-state index < -0.39 is 11.6 Å². The summed E-state index contributed by atoms with van der Waals surface area (Å²) in [6.07, 6.45) is 4.48. The number of aliphatic carboxylic acids is 1. The number of hydrogen-bond acceptors (Lipinski definition) is 4. The van der Waals surface area contributed by atoms with Crippen LogP contribution in [0.2, 0.25) is 0 Å². The number of aliphatic hydroxyl groups is 1. The molecule has 5 nitrogen and oxygen atoms in total. The molecule has 1 fully saturated rings. The molecule has 0 aliphatic carbocycles. The molecule has 1 aliphatic rings. The third-order valence-electron chi connectivity index (χ3n) is 8.56. The van der Waals surface area contributed by atoms with Gasteiger partial charge in [-0.15, -0.1) is 0 Å². The second-order valence-corrected chi connectivity index (χ2v) is 11.0. The summed E-state index contributed by atoms with van der Waals surface area (Å²) in [5, 5.41) is 21.2. The quantitative estimate of drug-likeness (QED) is 0.308. The summed E-state index contributed by atoms with van der Waals surface area (Å²) < 4.78 is 0. The van der Waals surface area contributed by atoms with Gasteiger partial charge in [-0.3, -0.25) is 9.59 Å². The fraction of sp³-hybridized carbons (Fsp3) is 0.412. The summed E-state index contributed by atoms with van der Waals surface area (Å²) in [7, 11) is 0. The van der Waals surface area contributed by atoms with Gasteiger partial charge in [0.15, 0.2) is 0 Å². The van der Waals surface area contributed by atoms with Gasteiger partial charge in [0.1, 0.15) is 11.4 Å². The second-order valence-electron chi connectivity index (χ2n) is 11.0. The van der Waals surface area contributed by atoms with Crippen LogP contribution in [-0.2, 0) is 28.0 Å². The molecule has 0 aromatic heterocycles. The number of aryl methyl sites for hydroxylation is 1. The zero-order valence-electron chi connectivity index (χ0n) is 23.2. The van der Waals surface area contributed by atoms with E-state index in [9.17, 15) is 14.7 Å². The van der Waals surface area contributed by atoms with Crippen molar-refractivity contribution in [2.24, 2.45) is 5.92 Å². The van der Waals surface area contributed by atoms with E-state index in [1.54, 1.807) is 0 Å². The molecule has 0 bridgehead atoms. The van der Waals surface area contributed by atoms with Gasteiger partial charge in [-0.05, 0) is 98.5 Å². The van der Waals surface area contributed by atoms with E-state index in [4.69, 9.17) is 5.11 Å². The predicted molar refractivity (Wildman–Crippen MR) is 155 cm³/mol. The Morgan fingerprint density at radius 1 is 0.821 bits per heavy atom. The first-order valence-electron chi connectivity index (χ1n) is 14.2. The normalized spacial score (nSPS) is 14.8. The molecule has 0 saturated carbocycles. The van der Waals surface area contributed by atoms with Crippen molar-refractivity contribution in [2.75, 3.05) is 19.6 Å². The Morgan fingerprint density at radius 2 is 1.36 bits per heavy atom. The molecule has 206 valence electrons. The van der Waals surface area contributed by atoms with Crippen LogP contribution in [0.1, 0.15) is 65.5 Å². The Hall–Kier alpha value is -3.28. The lowest BCUT2D eigenvalue weighted by atomic mass is 9.72. The van der Waals surface area contributed by atoms with Gasteiger partial charge >= 0.3 is 5.97 Å². The van der Waals surface area contributed by atoms with E-state index >= 15 is 0 Å². The maximum absolute atomic E-state index is 12.6. The average Bonchev–Trinajstić information content (AvgIpc) is 2.96. The van der Waals surface area contributed by atoms with Crippen molar-refractivity contribution in [2.45, 2.75) is 64.4 Å². The van der Waals surface area contributed by atoms with Crippen molar-refractivity contribution >= 4 is 11.8 Å². The highest BCUT2D eigenvalue weighted by Crippen LogP contribution is 2.41. The van der Waals surface area contributed by atoms with E-state index in [0.717, 1.165) is 72.3 Å². The minimum atomic E-state index is -1.01. The summed E-state index contributed by atoms with van der Waals surface area (Å²) in [5.74, 6) is -0.416. The van der Waals surface area contributed by atoms with Crippen molar-refractivity contribution in [3.63, 3.8) is 0 Å². The molecule has 3 aromatic carbocycles. The average molecular weight is 528 g/mol. The first-order valence-corrected chi connectivity index (χ1v) is 14.2. The smallest absolute Gasteiger partial charge is 0.307 e. The van der Waals surface area contributed by atoms with Gasteiger partial charge < -0.3 is 15.1 Å². The summed E-state index contributed by atoms with van der Waals surface area (Å²) >= 11 is 0. The lowest BCUT2D eigenvalue weighted by Gasteiger charge is -2.42. The zero-order chi connectivity index (χ0) is 27.8. The number of hydrogen-bond donors (Lipinski definition) is 2. The number of carboxylic acids is 1. The van der Waals surface area contributed by atoms with Gasteiger partial charge in [-0.25, -0.2) is 0 Å². The number of benzene rings is 3. The Balaban J connectivity index is 1.25. The lowest BCUT2D eigenvalue weighted by molar-refractivity contribution is -0.136. The molecule has 0 unspecified atom stereocenters. The maximum atomic E-state index is 12.6. The standard InChI is InChI=1S/C34H41NO4/c1-25-26(2)28(24-33(37)38)16-15-27(25)17-18-32(36)14-9-21-35-22-19-31(20-23-35)34(39,29-10-5-3-6-11-29)30-12-7-4-8-13-30/h3-8,10-13,15-16,31,39H,9,14,17-24H2,1-2H3,(H,37,38). The van der Waals surface area contributed by atoms with Gasteiger partial charge in [-0.2, -0.15) is 0 Å². The van der Waals surface area contributed by atoms with Crippen LogP contribution in [0.5, 0.6) is 0 Å². The van der Waals surface area contributed by atoms with E-state index in [2.05, 4.69) is 4.90 Å². The van der Waals surface area contributed by atoms with Gasteiger partial charge in [0.2, 0.25) is 0 Å². The van der Waals surface area contributed by atoms with Gasteiger partial charge in [0.05, 0.1) is 6.42 Å². The van der Waals surface area contributed by atoms with Crippen LogP contribution in [0.3, 0.4) is 0 Å². The molecule has 0 spiro atoms. The minimum absolute atomic E-state index is 0.0287. The Kier molecular flexibility index (Phi) is 9.71. The number of Topliss-reactive ketones (excluding diaryl/α,β-unsaturated/α-hetero) is 1. The number of carbonyl (C=O) groups is 2. The van der Waals surface area contributed by atoms with Crippen LogP contribution in [-0.4, -0.2) is 46.5 Å². The fourth-order valence-corrected chi connectivity index (χ4v) is 6.05. The van der Waals surface area contributed by atoms with Crippen LogP contribution < -0.4 is 0 Å². The van der Waals surface area contributed by atoms with E-state index in [-0.39, 0.29) is 18.1 Å². The van der Waals surface area contributed by atoms with Crippen molar-refractivity contribution < 1.29 is 19.8 Å². The molecular formula is C34H41NO4. The number of piperidine rings is 1. The molecule has 1 saturated heterocycles. The van der Waals surface area contributed by atoms with E-state index in [0.29, 0.717) is 19.3 Å². The highest BCUT2D eigenvalue weighted by molar-refractivity contribution is 5.78. The number of carboxylic acid groups (broad SMARTS) is 1. The number of ketones is 1. The SMILES string of the molecule is Cc1c(CCC(=O)CCCN2CCC(C(O)(c3ccccc3)c3ccccc3)CC2)ccc(CC(=O)O)c1C. The minimum Gasteiger partial charge on any atom is -0.481 e. The monoisotopic (exact) mass is 527 g/mol. The molecule has 4 rings (SSSR count). The van der Waals surface area contributed by atoms with Crippen LogP contribution in [0.4, 0.5) is 0 Å². The van der Waals surface area contributed by atoms with Crippen molar-refractivity contribution in [3.8, 4) is 0 Å². The first-order chi connectivity index (χ1) is 18.8. The van der Waals surface area contributed by atoms with Crippen LogP contribution in [0.15, 0.2) is 72.8 Å². The van der Waals surface area contributed by atoms with E-state index in [1.807, 2.05) is 86.6 Å². The lowest BCUT2D eigenvalue weighted by Crippen LogP contribution is -2.44. The molecule has 3 aromatic rings. The second kappa shape index (κ2) is 13.2. The third-order valence-corrected chi connectivity index (χ3v) is 8.56. The summed E-state index contributed by atoms with van der Waals surface area (Å²) in [5.41, 5.74) is 4.95. The molecule has 0 atom stereocenters. The summed E-state index contributed by atoms with van der Waals surface area (Å²) in [4.78, 5) is 26.1. The predicted octanol–water partition coefficient (Wildman–Crippen LogP) is 5.86. The van der Waals surface area contributed by atoms with Gasteiger partial charge in [0, 0.05) is 12.8 Å². The molecule has 0 amide bonds. The van der Waals surface area contributed by atoms with Gasteiger partial charge in [-0.1, -0.05) is 72.8 Å². The molecule has 2 N–H and O–H groups in total. The highest BCUT2D eigenvalue weighted by atomic mass is 16.4. The molecular weight excluding hydrogens is 486 g/mol. The molecule has 0 radical (unpaired) electrons. The summed E-state index contributed by atoms with van der Waals surface area (Å²) in [6.45, 7) is 6.71. The van der Waals surface area contributed by atoms with Crippen molar-refractivity contribution in [1.29, 1.82) is 0 Å². The zero-order valence-corrected chi connectivity index (χ0v) is 23.2. The van der Waals surface area contributed by atoms with Crippen LogP contribution >= 0.6 is 0 Å². The molecule has 5 heteroatoms. The Morgan fingerprint density at radius 3 is 1.92 bits per heavy atom. The molecule has 39 heavy (non-hydrogen) atoms. The Labute approximate surface area is 232 Å². The largest absolute Gasteiger partial charge is 0.481 e. The number of rotatable bonds is 12. The number of carbonyl (C=O) groups excluding carboxylic acids is 1. The Bertz CT molecular complexity index is 1210. The van der Waals surface area contributed by atoms with E-state index in [1.165, 1.54) is 0 Å². The topological polar surface area (TPSA) is 77.8 Å². The molecule has 1 aliphatic heterocycles. The van der Waals surface area contributed by atoms with Crippen LogP contribution in [0, 0.1) is 19.8 Å². The number of likely N-dealkylation sites (tertiary alicyclic amines) is 1. The highest BCUT2D eigenvalue weighted by Gasteiger charge is 2.41. The number of nitrogens with zero attached hydrogens (tertiary/aromatic N) is 1.